The average molecular weight is 404 g/mol. The van der Waals surface area contributed by atoms with E-state index in [1.54, 1.807) is 11.1 Å². The molecular formula is C23H31F2N3O. The van der Waals surface area contributed by atoms with Crippen LogP contribution in [0.15, 0.2) is 60.0 Å². The van der Waals surface area contributed by atoms with Gasteiger partial charge in [0, 0.05) is 20.1 Å². The van der Waals surface area contributed by atoms with Gasteiger partial charge < -0.3 is 10.6 Å². The molecule has 0 unspecified atom stereocenters. The van der Waals surface area contributed by atoms with Crippen LogP contribution < -0.4 is 10.6 Å². The first kappa shape index (κ1) is 22.7. The van der Waals surface area contributed by atoms with E-state index >= 15 is 0 Å². The molecule has 0 bridgehead atoms. The summed E-state index contributed by atoms with van der Waals surface area (Å²) in [6.45, 7) is 7.84. The molecule has 2 aromatic carbocycles. The van der Waals surface area contributed by atoms with Gasteiger partial charge in [-0.25, -0.2) is 13.8 Å². The van der Waals surface area contributed by atoms with E-state index in [2.05, 4.69) is 36.6 Å². The van der Waals surface area contributed by atoms with Crippen LogP contribution >= 0.6 is 0 Å². The molecule has 0 fully saturated rings. The van der Waals surface area contributed by atoms with Gasteiger partial charge in [-0.15, -0.1) is 0 Å². The third-order valence-corrected chi connectivity index (χ3v) is 4.41. The van der Waals surface area contributed by atoms with E-state index in [4.69, 9.17) is 4.84 Å². The summed E-state index contributed by atoms with van der Waals surface area (Å²) >= 11 is 0. The summed E-state index contributed by atoms with van der Waals surface area (Å²) in [7, 11) is 1.84. The Morgan fingerprint density at radius 2 is 1.66 bits per heavy atom. The van der Waals surface area contributed by atoms with E-state index in [-0.39, 0.29) is 5.92 Å². The molecule has 0 heterocycles. The van der Waals surface area contributed by atoms with Crippen LogP contribution in [0, 0.1) is 17.6 Å². The Morgan fingerprint density at radius 3 is 2.28 bits per heavy atom. The van der Waals surface area contributed by atoms with Crippen molar-refractivity contribution in [3.63, 3.8) is 0 Å². The normalized spacial score (nSPS) is 12.0. The number of benzene rings is 2. The van der Waals surface area contributed by atoms with Crippen LogP contribution in [0.4, 0.5) is 8.78 Å². The SMILES string of the molecule is CCCON(C)/C(NCc1ccc(F)c(F)c1)=C(\NCc1ccccc1)C(C)C. The molecule has 0 amide bonds. The Labute approximate surface area is 172 Å². The van der Waals surface area contributed by atoms with E-state index in [1.807, 2.05) is 32.2 Å². The molecule has 0 saturated carbocycles. The maximum absolute atomic E-state index is 13.6. The number of nitrogens with one attached hydrogen (secondary N) is 2. The molecule has 0 aromatic heterocycles. The van der Waals surface area contributed by atoms with Crippen LogP contribution in [0.1, 0.15) is 38.3 Å². The summed E-state index contributed by atoms with van der Waals surface area (Å²) in [5.41, 5.74) is 2.80. The Kier molecular flexibility index (Phi) is 8.93. The van der Waals surface area contributed by atoms with Crippen molar-refractivity contribution in [3.05, 3.63) is 82.8 Å². The zero-order valence-electron chi connectivity index (χ0n) is 17.6. The van der Waals surface area contributed by atoms with Gasteiger partial charge in [-0.05, 0) is 35.6 Å². The average Bonchev–Trinajstić information content (AvgIpc) is 2.71. The lowest BCUT2D eigenvalue weighted by Gasteiger charge is -2.28. The van der Waals surface area contributed by atoms with Crippen LogP contribution in [-0.4, -0.2) is 18.7 Å². The minimum Gasteiger partial charge on any atom is -0.381 e. The summed E-state index contributed by atoms with van der Waals surface area (Å²) in [6, 6.07) is 14.1. The number of hydroxylamine groups is 2. The lowest BCUT2D eigenvalue weighted by Crippen LogP contribution is -2.35. The maximum Gasteiger partial charge on any atom is 0.159 e. The minimum absolute atomic E-state index is 0.193. The fraction of sp³-hybridized carbons (Fsp3) is 0.391. The van der Waals surface area contributed by atoms with Gasteiger partial charge in [0.05, 0.1) is 12.3 Å². The van der Waals surface area contributed by atoms with Crippen LogP contribution in [0.2, 0.25) is 0 Å². The summed E-state index contributed by atoms with van der Waals surface area (Å²) in [5, 5.41) is 8.55. The van der Waals surface area contributed by atoms with Gasteiger partial charge in [0.15, 0.2) is 11.6 Å². The van der Waals surface area contributed by atoms with Crippen molar-refractivity contribution in [2.24, 2.45) is 5.92 Å². The van der Waals surface area contributed by atoms with Crippen LogP contribution in [0.3, 0.4) is 0 Å². The van der Waals surface area contributed by atoms with Crippen LogP contribution in [0.25, 0.3) is 0 Å². The molecule has 2 N–H and O–H groups in total. The highest BCUT2D eigenvalue weighted by atomic mass is 19.2. The second-order valence-corrected chi connectivity index (χ2v) is 7.19. The molecule has 4 nitrogen and oxygen atoms in total. The fourth-order valence-corrected chi connectivity index (χ4v) is 2.86. The third-order valence-electron chi connectivity index (χ3n) is 4.41. The van der Waals surface area contributed by atoms with Crippen LogP contribution in [0.5, 0.6) is 0 Å². The Balaban J connectivity index is 2.23. The van der Waals surface area contributed by atoms with E-state index in [0.717, 1.165) is 24.0 Å². The molecule has 0 spiro atoms. The monoisotopic (exact) mass is 403 g/mol. The van der Waals surface area contributed by atoms with Gasteiger partial charge in [0.25, 0.3) is 0 Å². The lowest BCUT2D eigenvalue weighted by molar-refractivity contribution is -0.118. The van der Waals surface area contributed by atoms with Crippen molar-refractivity contribution in [2.75, 3.05) is 13.7 Å². The number of allylic oxidation sites excluding steroid dienone is 1. The lowest BCUT2D eigenvalue weighted by atomic mass is 10.1. The van der Waals surface area contributed by atoms with Gasteiger partial charge in [0.2, 0.25) is 0 Å². The summed E-state index contributed by atoms with van der Waals surface area (Å²) in [4.78, 5) is 5.81. The summed E-state index contributed by atoms with van der Waals surface area (Å²) in [5.74, 6) is -0.732. The zero-order valence-corrected chi connectivity index (χ0v) is 17.6. The number of nitrogens with zero attached hydrogens (tertiary/aromatic N) is 1. The van der Waals surface area contributed by atoms with Gasteiger partial charge in [-0.2, -0.15) is 0 Å². The van der Waals surface area contributed by atoms with Crippen molar-refractivity contribution in [3.8, 4) is 0 Å². The fourth-order valence-electron chi connectivity index (χ4n) is 2.86. The second-order valence-electron chi connectivity index (χ2n) is 7.19. The molecular weight excluding hydrogens is 372 g/mol. The van der Waals surface area contributed by atoms with E-state index in [9.17, 15) is 8.78 Å². The molecule has 6 heteroatoms. The Bertz CT molecular complexity index is 794. The zero-order chi connectivity index (χ0) is 21.2. The predicted octanol–water partition coefficient (Wildman–Crippen LogP) is 4.94. The minimum atomic E-state index is -0.850. The highest BCUT2D eigenvalue weighted by Gasteiger charge is 2.16. The molecule has 0 aliphatic heterocycles. The Morgan fingerprint density at radius 1 is 0.966 bits per heavy atom. The van der Waals surface area contributed by atoms with Gasteiger partial charge in [-0.1, -0.05) is 57.2 Å². The second kappa shape index (κ2) is 11.4. The topological polar surface area (TPSA) is 36.5 Å². The van der Waals surface area contributed by atoms with E-state index < -0.39 is 11.6 Å². The first-order chi connectivity index (χ1) is 13.9. The third kappa shape index (κ3) is 7.06. The summed E-state index contributed by atoms with van der Waals surface area (Å²) in [6.07, 6.45) is 0.884. The number of hydrogen-bond donors (Lipinski definition) is 2. The first-order valence-electron chi connectivity index (χ1n) is 9.98. The molecule has 0 radical (unpaired) electrons. The standard InChI is InChI=1S/C23H31F2N3O/c1-5-13-29-28(4)23(27-16-19-11-12-20(24)21(25)14-19)22(17(2)3)26-15-18-9-7-6-8-10-18/h6-12,14,17,26-27H,5,13,15-16H2,1-4H3/b23-22-. The highest BCUT2D eigenvalue weighted by Crippen LogP contribution is 2.16. The van der Waals surface area contributed by atoms with E-state index in [1.165, 1.54) is 11.6 Å². The van der Waals surface area contributed by atoms with Crippen molar-refractivity contribution in [2.45, 2.75) is 40.3 Å². The van der Waals surface area contributed by atoms with Crippen molar-refractivity contribution in [1.82, 2.24) is 15.7 Å². The van der Waals surface area contributed by atoms with Gasteiger partial charge >= 0.3 is 0 Å². The molecule has 2 rings (SSSR count). The largest absolute Gasteiger partial charge is 0.381 e. The van der Waals surface area contributed by atoms with Gasteiger partial charge in [0.1, 0.15) is 5.82 Å². The molecule has 0 aliphatic rings. The predicted molar refractivity (Wildman–Crippen MR) is 112 cm³/mol. The number of hydrogen-bond acceptors (Lipinski definition) is 4. The molecule has 2 aromatic rings. The van der Waals surface area contributed by atoms with Crippen molar-refractivity contribution >= 4 is 0 Å². The molecule has 0 saturated heterocycles. The van der Waals surface area contributed by atoms with Gasteiger partial charge in [-0.3, -0.25) is 4.84 Å². The van der Waals surface area contributed by atoms with Crippen molar-refractivity contribution in [1.29, 1.82) is 0 Å². The number of halogens is 2. The van der Waals surface area contributed by atoms with Crippen molar-refractivity contribution < 1.29 is 13.6 Å². The van der Waals surface area contributed by atoms with E-state index in [0.29, 0.717) is 25.3 Å². The summed E-state index contributed by atoms with van der Waals surface area (Å²) < 4.78 is 26.8. The number of rotatable bonds is 11. The molecule has 29 heavy (non-hydrogen) atoms. The molecule has 0 atom stereocenters. The first-order valence-corrected chi connectivity index (χ1v) is 9.98. The molecule has 0 aliphatic carbocycles. The smallest absolute Gasteiger partial charge is 0.159 e. The molecule has 158 valence electrons. The quantitative estimate of drug-likeness (QED) is 0.521. The maximum atomic E-state index is 13.6. The van der Waals surface area contributed by atoms with Crippen LogP contribution in [-0.2, 0) is 17.9 Å². The Hall–Kier alpha value is -2.60. The highest BCUT2D eigenvalue weighted by molar-refractivity contribution is 5.21.